The van der Waals surface area contributed by atoms with Crippen LogP contribution in [-0.2, 0) is 22.4 Å². The van der Waals surface area contributed by atoms with Gasteiger partial charge < -0.3 is 10.2 Å². The van der Waals surface area contributed by atoms with Crippen LogP contribution in [0.25, 0.3) is 0 Å². The standard InChI is InChI=1S/C21H27N3O2S/c1-15-6-3-4-7-17(15)12-20(26)24-11-5-8-18(13-24)21-23-19(14-27-21)9-10-22-16(2)25/h3-4,6-7,14,18H,5,8-13H2,1-2H3,(H,22,25)/t18-/m1/s1. The molecule has 3 rings (SSSR count). The maximum absolute atomic E-state index is 12.8. The van der Waals surface area contributed by atoms with Crippen LogP contribution in [0.5, 0.6) is 0 Å². The summed E-state index contributed by atoms with van der Waals surface area (Å²) in [5, 5.41) is 5.99. The fraction of sp³-hybridized carbons (Fsp3) is 0.476. The van der Waals surface area contributed by atoms with Gasteiger partial charge in [0.15, 0.2) is 0 Å². The number of likely N-dealkylation sites (tertiary alicyclic amines) is 1. The first kappa shape index (κ1) is 19.5. The number of nitrogens with zero attached hydrogens (tertiary/aromatic N) is 2. The van der Waals surface area contributed by atoms with Crippen molar-refractivity contribution in [2.45, 2.75) is 45.4 Å². The number of carbonyl (C=O) groups excluding carboxylic acids is 2. The van der Waals surface area contributed by atoms with Gasteiger partial charge >= 0.3 is 0 Å². The minimum atomic E-state index is -0.0134. The van der Waals surface area contributed by atoms with Crippen molar-refractivity contribution in [1.29, 1.82) is 0 Å². The first-order chi connectivity index (χ1) is 13.0. The Kier molecular flexibility index (Phi) is 6.61. The summed E-state index contributed by atoms with van der Waals surface area (Å²) in [5.74, 6) is 0.510. The molecule has 0 saturated carbocycles. The summed E-state index contributed by atoms with van der Waals surface area (Å²) in [6, 6.07) is 8.09. The highest BCUT2D eigenvalue weighted by atomic mass is 32.1. The number of thiazole rings is 1. The molecule has 2 heterocycles. The van der Waals surface area contributed by atoms with Crippen molar-refractivity contribution in [3.63, 3.8) is 0 Å². The molecule has 0 aliphatic carbocycles. The van der Waals surface area contributed by atoms with E-state index in [1.807, 2.05) is 23.1 Å². The van der Waals surface area contributed by atoms with Crippen LogP contribution in [0, 0.1) is 6.92 Å². The Balaban J connectivity index is 1.57. The van der Waals surface area contributed by atoms with Gasteiger partial charge in [-0.15, -0.1) is 11.3 Å². The van der Waals surface area contributed by atoms with E-state index in [9.17, 15) is 9.59 Å². The van der Waals surface area contributed by atoms with Crippen molar-refractivity contribution in [2.75, 3.05) is 19.6 Å². The lowest BCUT2D eigenvalue weighted by Gasteiger charge is -2.32. The van der Waals surface area contributed by atoms with E-state index in [0.717, 1.165) is 48.6 Å². The molecule has 27 heavy (non-hydrogen) atoms. The number of rotatable bonds is 6. The summed E-state index contributed by atoms with van der Waals surface area (Å²) < 4.78 is 0. The van der Waals surface area contributed by atoms with E-state index >= 15 is 0 Å². The molecule has 0 spiro atoms. The minimum Gasteiger partial charge on any atom is -0.356 e. The fourth-order valence-corrected chi connectivity index (χ4v) is 4.46. The summed E-state index contributed by atoms with van der Waals surface area (Å²) in [4.78, 5) is 30.5. The van der Waals surface area contributed by atoms with Crippen LogP contribution >= 0.6 is 11.3 Å². The van der Waals surface area contributed by atoms with E-state index in [2.05, 4.69) is 23.7 Å². The van der Waals surface area contributed by atoms with Crippen LogP contribution in [0.4, 0.5) is 0 Å². The van der Waals surface area contributed by atoms with E-state index in [4.69, 9.17) is 4.98 Å². The zero-order valence-electron chi connectivity index (χ0n) is 16.0. The predicted octanol–water partition coefficient (Wildman–Crippen LogP) is 3.08. The first-order valence-corrected chi connectivity index (χ1v) is 10.4. The average molecular weight is 386 g/mol. The SMILES string of the molecule is CC(=O)NCCc1csc([C@@H]2CCCN(C(=O)Cc3ccccc3C)C2)n1. The van der Waals surface area contributed by atoms with Gasteiger partial charge in [0.25, 0.3) is 0 Å². The molecule has 0 radical (unpaired) electrons. The molecule has 1 aromatic carbocycles. The van der Waals surface area contributed by atoms with Crippen molar-refractivity contribution in [3.8, 4) is 0 Å². The van der Waals surface area contributed by atoms with Crippen molar-refractivity contribution >= 4 is 23.2 Å². The topological polar surface area (TPSA) is 62.3 Å². The second-order valence-electron chi connectivity index (χ2n) is 7.19. The summed E-state index contributed by atoms with van der Waals surface area (Å²) in [7, 11) is 0. The maximum Gasteiger partial charge on any atom is 0.227 e. The van der Waals surface area contributed by atoms with E-state index in [1.54, 1.807) is 11.3 Å². The molecule has 0 unspecified atom stereocenters. The molecule has 5 nitrogen and oxygen atoms in total. The zero-order chi connectivity index (χ0) is 19.2. The van der Waals surface area contributed by atoms with E-state index in [0.29, 0.717) is 18.9 Å². The number of hydrogen-bond acceptors (Lipinski definition) is 4. The van der Waals surface area contributed by atoms with Crippen LogP contribution < -0.4 is 5.32 Å². The van der Waals surface area contributed by atoms with Crippen LogP contribution in [0.1, 0.15) is 47.5 Å². The zero-order valence-corrected chi connectivity index (χ0v) is 16.8. The number of hydrogen-bond donors (Lipinski definition) is 1. The predicted molar refractivity (Wildman–Crippen MR) is 108 cm³/mol. The highest BCUT2D eigenvalue weighted by Crippen LogP contribution is 2.29. The number of carbonyl (C=O) groups is 2. The molecule has 0 bridgehead atoms. The molecular weight excluding hydrogens is 358 g/mol. The lowest BCUT2D eigenvalue weighted by Crippen LogP contribution is -2.40. The quantitative estimate of drug-likeness (QED) is 0.831. The Labute approximate surface area is 164 Å². The van der Waals surface area contributed by atoms with Crippen molar-refractivity contribution < 1.29 is 9.59 Å². The summed E-state index contributed by atoms with van der Waals surface area (Å²) in [6.07, 6.45) is 3.32. The number of amides is 2. The molecule has 1 atom stereocenters. The molecule has 1 saturated heterocycles. The Hall–Kier alpha value is -2.21. The van der Waals surface area contributed by atoms with Crippen LogP contribution in [0.15, 0.2) is 29.6 Å². The van der Waals surface area contributed by atoms with Gasteiger partial charge in [-0.25, -0.2) is 4.98 Å². The lowest BCUT2D eigenvalue weighted by atomic mass is 9.97. The lowest BCUT2D eigenvalue weighted by molar-refractivity contribution is -0.131. The Morgan fingerprint density at radius 3 is 2.93 bits per heavy atom. The van der Waals surface area contributed by atoms with Gasteiger partial charge in [-0.2, -0.15) is 0 Å². The number of aromatic nitrogens is 1. The first-order valence-electron chi connectivity index (χ1n) is 9.54. The summed E-state index contributed by atoms with van der Waals surface area (Å²) >= 11 is 1.67. The molecule has 1 aliphatic heterocycles. The van der Waals surface area contributed by atoms with Gasteiger partial charge in [0.05, 0.1) is 17.1 Å². The molecule has 2 aromatic rings. The van der Waals surface area contributed by atoms with Gasteiger partial charge in [0, 0.05) is 44.3 Å². The van der Waals surface area contributed by atoms with Gasteiger partial charge in [-0.3, -0.25) is 9.59 Å². The van der Waals surface area contributed by atoms with E-state index in [1.165, 1.54) is 12.5 Å². The molecule has 1 fully saturated rings. The van der Waals surface area contributed by atoms with Gasteiger partial charge in [-0.05, 0) is 30.9 Å². The molecular formula is C21H27N3O2S. The third-order valence-electron chi connectivity index (χ3n) is 5.05. The normalized spacial score (nSPS) is 17.0. The van der Waals surface area contributed by atoms with Gasteiger partial charge in [-0.1, -0.05) is 24.3 Å². The number of aryl methyl sites for hydroxylation is 1. The molecule has 1 N–H and O–H groups in total. The van der Waals surface area contributed by atoms with Crippen molar-refractivity contribution in [2.24, 2.45) is 0 Å². The highest BCUT2D eigenvalue weighted by molar-refractivity contribution is 7.09. The maximum atomic E-state index is 12.8. The number of piperidine rings is 1. The number of benzene rings is 1. The smallest absolute Gasteiger partial charge is 0.227 e. The molecule has 1 aliphatic rings. The van der Waals surface area contributed by atoms with Gasteiger partial charge in [0.1, 0.15) is 0 Å². The Morgan fingerprint density at radius 1 is 1.33 bits per heavy atom. The average Bonchev–Trinajstić information content (AvgIpc) is 3.12. The van der Waals surface area contributed by atoms with Crippen LogP contribution in [-0.4, -0.2) is 41.3 Å². The van der Waals surface area contributed by atoms with Crippen LogP contribution in [0.3, 0.4) is 0 Å². The molecule has 1 aromatic heterocycles. The van der Waals surface area contributed by atoms with Crippen molar-refractivity contribution in [1.82, 2.24) is 15.2 Å². The second-order valence-corrected chi connectivity index (χ2v) is 8.08. The second kappa shape index (κ2) is 9.13. The summed E-state index contributed by atoms with van der Waals surface area (Å²) in [6.45, 7) is 5.78. The van der Waals surface area contributed by atoms with Gasteiger partial charge in [0.2, 0.25) is 11.8 Å². The Morgan fingerprint density at radius 2 is 2.15 bits per heavy atom. The monoisotopic (exact) mass is 385 g/mol. The fourth-order valence-electron chi connectivity index (χ4n) is 3.48. The highest BCUT2D eigenvalue weighted by Gasteiger charge is 2.26. The minimum absolute atomic E-state index is 0.0134. The molecule has 144 valence electrons. The molecule has 2 amide bonds. The number of nitrogens with one attached hydrogen (secondary N) is 1. The van der Waals surface area contributed by atoms with E-state index in [-0.39, 0.29) is 11.8 Å². The van der Waals surface area contributed by atoms with E-state index < -0.39 is 0 Å². The third kappa shape index (κ3) is 5.39. The molecule has 6 heteroatoms. The van der Waals surface area contributed by atoms with Crippen molar-refractivity contribution in [3.05, 3.63) is 51.5 Å². The summed E-state index contributed by atoms with van der Waals surface area (Å²) in [5.41, 5.74) is 3.30. The Bertz CT molecular complexity index is 802. The largest absolute Gasteiger partial charge is 0.356 e. The van der Waals surface area contributed by atoms with Crippen LogP contribution in [0.2, 0.25) is 0 Å². The third-order valence-corrected chi connectivity index (χ3v) is 6.11.